The van der Waals surface area contributed by atoms with Gasteiger partial charge in [-0.05, 0) is 24.6 Å². The van der Waals surface area contributed by atoms with E-state index in [0.717, 1.165) is 5.56 Å². The molecule has 0 spiro atoms. The molecule has 0 aliphatic heterocycles. The highest BCUT2D eigenvalue weighted by atomic mass is 35.5. The van der Waals surface area contributed by atoms with Gasteiger partial charge in [-0.25, -0.2) is 0 Å². The first kappa shape index (κ1) is 11.8. The van der Waals surface area contributed by atoms with Crippen LogP contribution in [0.15, 0.2) is 42.5 Å². The van der Waals surface area contributed by atoms with Crippen LogP contribution < -0.4 is 4.74 Å². The lowest BCUT2D eigenvalue weighted by Crippen LogP contribution is -1.95. The minimum Gasteiger partial charge on any atom is -0.506 e. The minimum absolute atomic E-state index is 0.0644. The van der Waals surface area contributed by atoms with Crippen molar-refractivity contribution < 1.29 is 9.84 Å². The molecule has 0 unspecified atom stereocenters. The van der Waals surface area contributed by atoms with Crippen molar-refractivity contribution in [3.8, 4) is 11.5 Å². The standard InChI is InChI=1S/C14H13ClO2/c1-10-3-2-4-11(7-10)9-17-12-5-6-14(16)13(15)8-12/h2-8,16H,9H2,1H3. The molecule has 0 bridgehead atoms. The summed E-state index contributed by atoms with van der Waals surface area (Å²) in [6.45, 7) is 2.53. The van der Waals surface area contributed by atoms with Crippen LogP contribution in [0.3, 0.4) is 0 Å². The van der Waals surface area contributed by atoms with Crippen molar-refractivity contribution in [2.45, 2.75) is 13.5 Å². The SMILES string of the molecule is Cc1cccc(COc2ccc(O)c(Cl)c2)c1. The van der Waals surface area contributed by atoms with Crippen molar-refractivity contribution in [1.29, 1.82) is 0 Å². The van der Waals surface area contributed by atoms with Gasteiger partial charge in [-0.1, -0.05) is 41.4 Å². The van der Waals surface area contributed by atoms with Crippen LogP contribution in [0.2, 0.25) is 5.02 Å². The number of rotatable bonds is 3. The van der Waals surface area contributed by atoms with Gasteiger partial charge in [0, 0.05) is 6.07 Å². The number of hydrogen-bond acceptors (Lipinski definition) is 2. The fraction of sp³-hybridized carbons (Fsp3) is 0.143. The van der Waals surface area contributed by atoms with Crippen LogP contribution in [-0.4, -0.2) is 5.11 Å². The van der Waals surface area contributed by atoms with Crippen LogP contribution in [0.1, 0.15) is 11.1 Å². The van der Waals surface area contributed by atoms with Gasteiger partial charge >= 0.3 is 0 Å². The van der Waals surface area contributed by atoms with Gasteiger partial charge in [0.25, 0.3) is 0 Å². The molecular formula is C14H13ClO2. The van der Waals surface area contributed by atoms with Crippen LogP contribution >= 0.6 is 11.6 Å². The number of phenols is 1. The zero-order valence-electron chi connectivity index (χ0n) is 9.48. The van der Waals surface area contributed by atoms with Crippen molar-refractivity contribution >= 4 is 11.6 Å². The first-order valence-electron chi connectivity index (χ1n) is 5.32. The topological polar surface area (TPSA) is 29.5 Å². The van der Waals surface area contributed by atoms with Crippen LogP contribution in [0.5, 0.6) is 11.5 Å². The highest BCUT2D eigenvalue weighted by Gasteiger charge is 2.01. The molecule has 0 aliphatic carbocycles. The summed E-state index contributed by atoms with van der Waals surface area (Å²) in [5.74, 6) is 0.712. The lowest BCUT2D eigenvalue weighted by atomic mass is 10.1. The number of aromatic hydroxyl groups is 1. The quantitative estimate of drug-likeness (QED) is 0.892. The lowest BCUT2D eigenvalue weighted by molar-refractivity contribution is 0.305. The third-order valence-corrected chi connectivity index (χ3v) is 2.71. The highest BCUT2D eigenvalue weighted by molar-refractivity contribution is 6.32. The molecule has 0 aromatic heterocycles. The van der Waals surface area contributed by atoms with E-state index in [9.17, 15) is 5.11 Å². The maximum absolute atomic E-state index is 9.28. The molecule has 2 aromatic rings. The average molecular weight is 249 g/mol. The molecule has 1 N–H and O–H groups in total. The number of ether oxygens (including phenoxy) is 1. The second-order valence-electron chi connectivity index (χ2n) is 3.89. The van der Waals surface area contributed by atoms with Crippen LogP contribution in [0, 0.1) is 6.92 Å². The van der Waals surface area contributed by atoms with E-state index < -0.39 is 0 Å². The van der Waals surface area contributed by atoms with E-state index in [1.54, 1.807) is 12.1 Å². The zero-order valence-corrected chi connectivity index (χ0v) is 10.2. The summed E-state index contributed by atoms with van der Waals surface area (Å²) in [6, 6.07) is 12.9. The summed E-state index contributed by atoms with van der Waals surface area (Å²) in [4.78, 5) is 0. The zero-order chi connectivity index (χ0) is 12.3. The van der Waals surface area contributed by atoms with Gasteiger partial charge in [-0.3, -0.25) is 0 Å². The third kappa shape index (κ3) is 3.14. The summed E-state index contributed by atoms with van der Waals surface area (Å²) in [7, 11) is 0. The smallest absolute Gasteiger partial charge is 0.134 e. The van der Waals surface area contributed by atoms with Crippen LogP contribution in [0.25, 0.3) is 0 Å². The Morgan fingerprint density at radius 3 is 2.71 bits per heavy atom. The molecule has 0 atom stereocenters. The summed E-state index contributed by atoms with van der Waals surface area (Å²) < 4.78 is 5.59. The maximum Gasteiger partial charge on any atom is 0.134 e. The van der Waals surface area contributed by atoms with Gasteiger partial charge in [0.2, 0.25) is 0 Å². The van der Waals surface area contributed by atoms with E-state index >= 15 is 0 Å². The van der Waals surface area contributed by atoms with Crippen molar-refractivity contribution in [3.05, 3.63) is 58.6 Å². The lowest BCUT2D eigenvalue weighted by Gasteiger charge is -2.07. The van der Waals surface area contributed by atoms with E-state index in [1.165, 1.54) is 11.6 Å². The Hall–Kier alpha value is -1.67. The Kier molecular flexibility index (Phi) is 3.55. The van der Waals surface area contributed by atoms with Gasteiger partial charge in [-0.15, -0.1) is 0 Å². The fourth-order valence-corrected chi connectivity index (χ4v) is 1.72. The summed E-state index contributed by atoms with van der Waals surface area (Å²) in [5, 5.41) is 9.58. The molecule has 88 valence electrons. The molecule has 0 radical (unpaired) electrons. The predicted molar refractivity (Wildman–Crippen MR) is 68.6 cm³/mol. The molecule has 2 rings (SSSR count). The monoisotopic (exact) mass is 248 g/mol. The first-order valence-corrected chi connectivity index (χ1v) is 5.70. The summed E-state index contributed by atoms with van der Waals surface area (Å²) >= 11 is 5.79. The normalized spacial score (nSPS) is 10.2. The maximum atomic E-state index is 9.28. The number of hydrogen-bond donors (Lipinski definition) is 1. The molecule has 3 heteroatoms. The van der Waals surface area contributed by atoms with Crippen LogP contribution in [0.4, 0.5) is 0 Å². The Balaban J connectivity index is 2.05. The molecule has 2 aromatic carbocycles. The van der Waals surface area contributed by atoms with Gasteiger partial charge in [0.1, 0.15) is 18.1 Å². The number of phenolic OH excluding ortho intramolecular Hbond substituents is 1. The number of aryl methyl sites for hydroxylation is 1. The number of halogens is 1. The Morgan fingerprint density at radius 1 is 1.18 bits per heavy atom. The van der Waals surface area contributed by atoms with Crippen molar-refractivity contribution in [2.75, 3.05) is 0 Å². The molecular weight excluding hydrogens is 236 g/mol. The van der Waals surface area contributed by atoms with E-state index in [0.29, 0.717) is 17.4 Å². The van der Waals surface area contributed by atoms with E-state index in [-0.39, 0.29) is 5.75 Å². The van der Waals surface area contributed by atoms with Gasteiger partial charge in [-0.2, -0.15) is 0 Å². The largest absolute Gasteiger partial charge is 0.506 e. The summed E-state index contributed by atoms with van der Waals surface area (Å²) in [6.07, 6.45) is 0. The molecule has 17 heavy (non-hydrogen) atoms. The van der Waals surface area contributed by atoms with Crippen LogP contribution in [-0.2, 0) is 6.61 Å². The molecule has 0 saturated heterocycles. The molecule has 0 aliphatic rings. The number of benzene rings is 2. The second kappa shape index (κ2) is 5.11. The van der Waals surface area contributed by atoms with E-state index in [1.807, 2.05) is 25.1 Å². The van der Waals surface area contributed by atoms with Gasteiger partial charge < -0.3 is 9.84 Å². The molecule has 0 fully saturated rings. The first-order chi connectivity index (χ1) is 8.15. The third-order valence-electron chi connectivity index (χ3n) is 2.41. The fourth-order valence-electron chi connectivity index (χ4n) is 1.55. The molecule has 0 amide bonds. The van der Waals surface area contributed by atoms with E-state index in [4.69, 9.17) is 16.3 Å². The average Bonchev–Trinajstić information content (AvgIpc) is 2.31. The second-order valence-corrected chi connectivity index (χ2v) is 4.30. The van der Waals surface area contributed by atoms with E-state index in [2.05, 4.69) is 6.07 Å². The Morgan fingerprint density at radius 2 is 2.00 bits per heavy atom. The van der Waals surface area contributed by atoms with Crippen molar-refractivity contribution in [2.24, 2.45) is 0 Å². The minimum atomic E-state index is 0.0644. The Labute approximate surface area is 105 Å². The predicted octanol–water partition coefficient (Wildman–Crippen LogP) is 3.93. The highest BCUT2D eigenvalue weighted by Crippen LogP contribution is 2.27. The molecule has 2 nitrogen and oxygen atoms in total. The molecule has 0 saturated carbocycles. The van der Waals surface area contributed by atoms with Crippen molar-refractivity contribution in [1.82, 2.24) is 0 Å². The Bertz CT molecular complexity index is 523. The molecule has 0 heterocycles. The van der Waals surface area contributed by atoms with Gasteiger partial charge in [0.05, 0.1) is 5.02 Å². The van der Waals surface area contributed by atoms with Gasteiger partial charge in [0.15, 0.2) is 0 Å². The summed E-state index contributed by atoms with van der Waals surface area (Å²) in [5.41, 5.74) is 2.31. The van der Waals surface area contributed by atoms with Crippen molar-refractivity contribution in [3.63, 3.8) is 0 Å².